The van der Waals surface area contributed by atoms with Crippen molar-refractivity contribution in [1.29, 1.82) is 0 Å². The number of amides is 2. The number of likely N-dealkylation sites (N-methyl/N-ethyl adjacent to an activating group) is 2. The summed E-state index contributed by atoms with van der Waals surface area (Å²) in [5, 5.41) is 0. The van der Waals surface area contributed by atoms with E-state index in [1.54, 1.807) is 7.05 Å². The van der Waals surface area contributed by atoms with Gasteiger partial charge in [0.1, 0.15) is 4.90 Å². The summed E-state index contributed by atoms with van der Waals surface area (Å²) in [6.07, 6.45) is 4.06. The Labute approximate surface area is 181 Å². The third kappa shape index (κ3) is 4.47. The first-order valence-electron chi connectivity index (χ1n) is 9.42. The van der Waals surface area contributed by atoms with E-state index < -0.39 is 26.6 Å². The van der Waals surface area contributed by atoms with Gasteiger partial charge >= 0.3 is 10.2 Å². The van der Waals surface area contributed by atoms with Crippen LogP contribution in [-0.2, 0) is 15.1 Å². The first kappa shape index (κ1) is 23.7. The van der Waals surface area contributed by atoms with Gasteiger partial charge in [0.2, 0.25) is 5.91 Å². The zero-order valence-electron chi connectivity index (χ0n) is 17.5. The Kier molecular flexibility index (Phi) is 5.20. The van der Waals surface area contributed by atoms with Gasteiger partial charge in [-0.25, -0.2) is 0 Å². The first-order chi connectivity index (χ1) is 14.5. The molecule has 0 bridgehead atoms. The van der Waals surface area contributed by atoms with Gasteiger partial charge in [-0.15, -0.1) is 0 Å². The van der Waals surface area contributed by atoms with E-state index in [0.717, 1.165) is 12.1 Å². The molecule has 0 radical (unpaired) electrons. The average molecular weight is 479 g/mol. The molecular weight excluding hydrogens is 457 g/mol. The molecule has 1 aliphatic heterocycles. The Balaban J connectivity index is 2.03. The molecule has 2 heterocycles. The summed E-state index contributed by atoms with van der Waals surface area (Å²) in [5.74, 6) is -0.798. The number of anilines is 1. The normalized spacial score (nSPS) is 19.1. The summed E-state index contributed by atoms with van der Waals surface area (Å²) in [7, 11) is -6.80. The molecule has 32 heavy (non-hydrogen) atoms. The molecule has 1 atom stereocenters. The summed E-state index contributed by atoms with van der Waals surface area (Å²) in [6, 6.07) is 2.30. The van der Waals surface area contributed by atoms with Gasteiger partial charge in [0.25, 0.3) is 5.91 Å². The molecule has 1 aliphatic rings. The monoisotopic (exact) mass is 479 g/mol. The van der Waals surface area contributed by atoms with Crippen LogP contribution in [0.2, 0.25) is 0 Å². The van der Waals surface area contributed by atoms with Crippen LogP contribution in [0.25, 0.3) is 0 Å². The number of aromatic nitrogens is 2. The van der Waals surface area contributed by atoms with Gasteiger partial charge in [0.15, 0.2) is 5.54 Å². The van der Waals surface area contributed by atoms with Gasteiger partial charge in [0, 0.05) is 45.3 Å². The molecule has 176 valence electrons. The lowest BCUT2D eigenvalue weighted by molar-refractivity contribution is -0.147. The molecule has 0 saturated carbocycles. The van der Waals surface area contributed by atoms with E-state index in [1.807, 2.05) is 0 Å². The van der Waals surface area contributed by atoms with Crippen LogP contribution in [0.4, 0.5) is 25.1 Å². The summed E-state index contributed by atoms with van der Waals surface area (Å²) in [5.41, 5.74) is -1.34. The first-order valence-corrected chi connectivity index (χ1v) is 11.4. The summed E-state index contributed by atoms with van der Waals surface area (Å²) >= 11 is 0. The third-order valence-electron chi connectivity index (χ3n) is 5.56. The van der Waals surface area contributed by atoms with E-state index in [4.69, 9.17) is 0 Å². The lowest BCUT2D eigenvalue weighted by Crippen LogP contribution is -2.60. The van der Waals surface area contributed by atoms with E-state index in [-0.39, 0.29) is 42.5 Å². The van der Waals surface area contributed by atoms with Gasteiger partial charge in [0.05, 0.1) is 18.4 Å². The van der Waals surface area contributed by atoms with Gasteiger partial charge in [-0.05, 0) is 31.2 Å². The lowest BCUT2D eigenvalue weighted by atomic mass is 9.92. The Morgan fingerprint density at radius 2 is 1.72 bits per heavy atom. The number of piperazine rings is 1. The van der Waals surface area contributed by atoms with Crippen molar-refractivity contribution in [1.82, 2.24) is 19.8 Å². The number of carbonyl (C=O) groups excluding carboxylic acids is 2. The Bertz CT molecular complexity index is 1040. The molecule has 1 saturated heterocycles. The topological polar surface area (TPSA) is 69.6 Å². The van der Waals surface area contributed by atoms with Crippen LogP contribution in [0.3, 0.4) is 0 Å². The summed E-state index contributed by atoms with van der Waals surface area (Å²) in [6.45, 7) is 1.86. The van der Waals surface area contributed by atoms with Crippen molar-refractivity contribution in [2.75, 3.05) is 38.6 Å². The van der Waals surface area contributed by atoms with Crippen molar-refractivity contribution in [2.45, 2.75) is 17.4 Å². The van der Waals surface area contributed by atoms with E-state index in [9.17, 15) is 29.0 Å². The van der Waals surface area contributed by atoms with Gasteiger partial charge in [-0.1, -0.05) is 19.4 Å². The second-order valence-electron chi connectivity index (χ2n) is 7.73. The van der Waals surface area contributed by atoms with Crippen LogP contribution in [0, 0.1) is 0 Å². The van der Waals surface area contributed by atoms with Crippen LogP contribution in [-0.4, -0.2) is 65.3 Å². The SMILES string of the molecule is CN1CCN(C(=O)C(C)(c2cnccn2)N(C)c2ccc(S(F)(F)(F)(F)F)cc2)CC1=O. The van der Waals surface area contributed by atoms with E-state index in [1.165, 1.54) is 47.3 Å². The quantitative estimate of drug-likeness (QED) is 0.611. The fraction of sp³-hybridized carbons (Fsp3) is 0.368. The molecule has 0 spiro atoms. The predicted molar refractivity (Wildman–Crippen MR) is 110 cm³/mol. The summed E-state index contributed by atoms with van der Waals surface area (Å²) < 4.78 is 65.5. The minimum atomic E-state index is -9.84. The largest absolute Gasteiger partial charge is 0.356 e. The van der Waals surface area contributed by atoms with Crippen molar-refractivity contribution < 1.29 is 29.0 Å². The highest BCUT2D eigenvalue weighted by molar-refractivity contribution is 8.45. The van der Waals surface area contributed by atoms with Gasteiger partial charge in [-0.2, -0.15) is 0 Å². The molecule has 1 aromatic heterocycles. The number of hydrogen-bond donors (Lipinski definition) is 0. The standard InChI is InChI=1S/C19H22F5N5O2S/c1-19(16-12-25-8-9-26-16,18(31)29-11-10-27(2)17(30)13-29)28(3)14-4-6-15(7-5-14)32(20,21,22,23)24/h4-9,12H,10-11,13H2,1-3H3. The second kappa shape index (κ2) is 7.02. The molecule has 2 amide bonds. The minimum Gasteiger partial charge on any atom is -0.356 e. The van der Waals surface area contributed by atoms with Crippen molar-refractivity contribution in [3.05, 3.63) is 48.5 Å². The van der Waals surface area contributed by atoms with E-state index >= 15 is 0 Å². The molecule has 0 N–H and O–H groups in total. The molecule has 7 nitrogen and oxygen atoms in total. The minimum absolute atomic E-state index is 0.0672. The van der Waals surface area contributed by atoms with E-state index in [0.29, 0.717) is 6.54 Å². The zero-order valence-corrected chi connectivity index (χ0v) is 18.3. The highest BCUT2D eigenvalue weighted by Crippen LogP contribution is 3.02. The maximum Gasteiger partial charge on any atom is 0.310 e. The third-order valence-corrected chi connectivity index (χ3v) is 6.73. The number of halogens is 5. The molecule has 3 rings (SSSR count). The van der Waals surface area contributed by atoms with Crippen LogP contribution in [0.1, 0.15) is 12.6 Å². The Hall–Kier alpha value is -2.96. The fourth-order valence-corrected chi connectivity index (χ4v) is 4.05. The molecule has 1 unspecified atom stereocenters. The van der Waals surface area contributed by atoms with E-state index in [2.05, 4.69) is 9.97 Å². The number of hydrogen-bond acceptors (Lipinski definition) is 5. The van der Waals surface area contributed by atoms with Crippen molar-refractivity contribution in [3.8, 4) is 0 Å². The summed E-state index contributed by atoms with van der Waals surface area (Å²) in [4.78, 5) is 36.0. The molecular formula is C19H22F5N5O2S. The Morgan fingerprint density at radius 1 is 1.09 bits per heavy atom. The van der Waals surface area contributed by atoms with Crippen LogP contribution in [0.15, 0.2) is 47.8 Å². The van der Waals surface area contributed by atoms with Gasteiger partial charge < -0.3 is 14.7 Å². The van der Waals surface area contributed by atoms with Gasteiger partial charge in [-0.3, -0.25) is 19.6 Å². The maximum absolute atomic E-state index is 13.6. The molecule has 0 aliphatic carbocycles. The number of nitrogens with zero attached hydrogens (tertiary/aromatic N) is 5. The van der Waals surface area contributed by atoms with Crippen LogP contribution in [0.5, 0.6) is 0 Å². The maximum atomic E-state index is 13.6. The smallest absolute Gasteiger partial charge is 0.310 e. The highest BCUT2D eigenvalue weighted by Gasteiger charge is 2.65. The second-order valence-corrected chi connectivity index (χ2v) is 10.1. The van der Waals surface area contributed by atoms with Crippen molar-refractivity contribution >= 4 is 27.7 Å². The fourth-order valence-electron chi connectivity index (χ4n) is 3.40. The van der Waals surface area contributed by atoms with Crippen LogP contribution >= 0.6 is 10.2 Å². The average Bonchev–Trinajstić information content (AvgIpc) is 2.73. The molecule has 2 aromatic rings. The Morgan fingerprint density at radius 3 is 2.22 bits per heavy atom. The predicted octanol–water partition coefficient (Wildman–Crippen LogP) is 3.79. The molecule has 1 aromatic carbocycles. The lowest BCUT2D eigenvalue weighted by Gasteiger charge is -2.43. The van der Waals surface area contributed by atoms with Crippen LogP contribution < -0.4 is 4.90 Å². The van der Waals surface area contributed by atoms with Crippen molar-refractivity contribution in [2.24, 2.45) is 0 Å². The van der Waals surface area contributed by atoms with Crippen molar-refractivity contribution in [3.63, 3.8) is 0 Å². The number of carbonyl (C=O) groups is 2. The molecule has 1 fully saturated rings. The number of benzene rings is 1. The highest BCUT2D eigenvalue weighted by atomic mass is 32.5. The zero-order chi connectivity index (χ0) is 24.0. The number of rotatable bonds is 5. The molecule has 13 heteroatoms.